The second-order valence-electron chi connectivity index (χ2n) is 5.04. The van der Waals surface area contributed by atoms with E-state index in [0.717, 1.165) is 24.2 Å². The molecule has 1 unspecified atom stereocenters. The summed E-state index contributed by atoms with van der Waals surface area (Å²) in [4.78, 5) is 12.0. The standard InChI is InChI=1S/C15H19FN2O/c1-10(7-12-3-5-14(16)6-4-12)18-15(19)11(2)13-8-17-9-13/h3-6,10,17H,7-9H2,1-2H3,(H,18,19). The molecule has 1 aromatic rings. The second-order valence-corrected chi connectivity index (χ2v) is 5.04. The fourth-order valence-electron chi connectivity index (χ4n) is 2.03. The molecular formula is C15H19FN2O. The molecule has 0 radical (unpaired) electrons. The predicted octanol–water partition coefficient (Wildman–Crippen LogP) is 1.79. The van der Waals surface area contributed by atoms with Crippen LogP contribution in [0.2, 0.25) is 0 Å². The maximum absolute atomic E-state index is 12.8. The predicted molar refractivity (Wildman–Crippen MR) is 73.3 cm³/mol. The Labute approximate surface area is 112 Å². The van der Waals surface area contributed by atoms with Crippen LogP contribution in [0.15, 0.2) is 35.4 Å². The van der Waals surface area contributed by atoms with Crippen molar-refractivity contribution in [3.8, 4) is 0 Å². The summed E-state index contributed by atoms with van der Waals surface area (Å²) in [6.45, 7) is 5.44. The highest BCUT2D eigenvalue weighted by molar-refractivity contribution is 5.94. The van der Waals surface area contributed by atoms with Crippen molar-refractivity contribution in [3.05, 3.63) is 46.8 Å². The molecule has 1 aromatic carbocycles. The van der Waals surface area contributed by atoms with E-state index < -0.39 is 0 Å². The van der Waals surface area contributed by atoms with Crippen molar-refractivity contribution in [2.45, 2.75) is 26.3 Å². The van der Waals surface area contributed by atoms with Crippen LogP contribution in [0.3, 0.4) is 0 Å². The molecule has 3 nitrogen and oxygen atoms in total. The largest absolute Gasteiger partial charge is 0.350 e. The molecule has 19 heavy (non-hydrogen) atoms. The lowest BCUT2D eigenvalue weighted by Crippen LogP contribution is -2.40. The number of amides is 1. The topological polar surface area (TPSA) is 41.1 Å². The van der Waals surface area contributed by atoms with Crippen molar-refractivity contribution in [2.75, 3.05) is 13.1 Å². The third-order valence-corrected chi connectivity index (χ3v) is 3.38. The minimum absolute atomic E-state index is 0.00823. The molecule has 1 atom stereocenters. The number of carbonyl (C=O) groups is 1. The summed E-state index contributed by atoms with van der Waals surface area (Å²) in [5.41, 5.74) is 3.00. The zero-order valence-corrected chi connectivity index (χ0v) is 11.3. The summed E-state index contributed by atoms with van der Waals surface area (Å²) in [5.74, 6) is -0.246. The summed E-state index contributed by atoms with van der Waals surface area (Å²) in [5, 5.41) is 6.10. The molecule has 2 N–H and O–H groups in total. The number of halogens is 1. The molecule has 1 saturated heterocycles. The lowest BCUT2D eigenvalue weighted by Gasteiger charge is -2.22. The van der Waals surface area contributed by atoms with Gasteiger partial charge in [0.25, 0.3) is 0 Å². The molecule has 2 rings (SSSR count). The molecule has 0 spiro atoms. The fraction of sp³-hybridized carbons (Fsp3) is 0.400. The first-order chi connectivity index (χ1) is 9.06. The molecule has 0 aliphatic carbocycles. The van der Waals surface area contributed by atoms with Crippen LogP contribution in [0.25, 0.3) is 0 Å². The van der Waals surface area contributed by atoms with Gasteiger partial charge in [0.1, 0.15) is 5.82 Å². The van der Waals surface area contributed by atoms with E-state index in [0.29, 0.717) is 6.42 Å². The van der Waals surface area contributed by atoms with Crippen LogP contribution in [-0.4, -0.2) is 25.0 Å². The molecule has 1 aliphatic rings. The second kappa shape index (κ2) is 5.97. The molecule has 0 saturated carbocycles. The number of hydrogen-bond donors (Lipinski definition) is 2. The Kier molecular flexibility index (Phi) is 4.32. The van der Waals surface area contributed by atoms with Gasteiger partial charge in [0.15, 0.2) is 0 Å². The highest BCUT2D eigenvalue weighted by atomic mass is 19.1. The highest BCUT2D eigenvalue weighted by Gasteiger charge is 2.17. The van der Waals surface area contributed by atoms with Crippen molar-refractivity contribution in [2.24, 2.45) is 0 Å². The Balaban J connectivity index is 1.88. The van der Waals surface area contributed by atoms with Crippen molar-refractivity contribution >= 4 is 5.91 Å². The molecule has 1 aliphatic heterocycles. The number of hydrogen-bond acceptors (Lipinski definition) is 2. The maximum atomic E-state index is 12.8. The van der Waals surface area contributed by atoms with Gasteiger partial charge in [0.05, 0.1) is 0 Å². The van der Waals surface area contributed by atoms with E-state index in [9.17, 15) is 9.18 Å². The summed E-state index contributed by atoms with van der Waals surface area (Å²) in [6, 6.07) is 6.41. The lowest BCUT2D eigenvalue weighted by atomic mass is 10.0. The highest BCUT2D eigenvalue weighted by Crippen LogP contribution is 2.10. The number of nitrogens with one attached hydrogen (secondary N) is 2. The number of benzene rings is 1. The normalized spacial score (nSPS) is 15.6. The Morgan fingerprint density at radius 1 is 1.37 bits per heavy atom. The lowest BCUT2D eigenvalue weighted by molar-refractivity contribution is -0.118. The maximum Gasteiger partial charge on any atom is 0.247 e. The van der Waals surface area contributed by atoms with E-state index in [2.05, 4.69) is 10.6 Å². The van der Waals surface area contributed by atoms with Gasteiger partial charge < -0.3 is 10.6 Å². The zero-order chi connectivity index (χ0) is 13.8. The van der Waals surface area contributed by atoms with Crippen LogP contribution in [0.4, 0.5) is 4.39 Å². The first-order valence-corrected chi connectivity index (χ1v) is 6.51. The van der Waals surface area contributed by atoms with Gasteiger partial charge in [-0.25, -0.2) is 4.39 Å². The van der Waals surface area contributed by atoms with Crippen LogP contribution in [0.5, 0.6) is 0 Å². The molecule has 1 heterocycles. The van der Waals surface area contributed by atoms with Crippen LogP contribution in [-0.2, 0) is 11.2 Å². The van der Waals surface area contributed by atoms with Crippen molar-refractivity contribution < 1.29 is 9.18 Å². The Bertz CT molecular complexity index is 487. The minimum atomic E-state index is -0.238. The van der Waals surface area contributed by atoms with Gasteiger partial charge in [-0.2, -0.15) is 0 Å². The smallest absolute Gasteiger partial charge is 0.247 e. The summed E-state index contributed by atoms with van der Waals surface area (Å²) in [6.07, 6.45) is 0.701. The number of rotatable bonds is 4. The third kappa shape index (κ3) is 3.64. The molecule has 4 heteroatoms. The van der Waals surface area contributed by atoms with Gasteiger partial charge in [0.2, 0.25) is 5.91 Å². The third-order valence-electron chi connectivity index (χ3n) is 3.38. The summed E-state index contributed by atoms with van der Waals surface area (Å²) in [7, 11) is 0. The van der Waals surface area contributed by atoms with E-state index in [4.69, 9.17) is 0 Å². The quantitative estimate of drug-likeness (QED) is 0.812. The molecule has 0 aromatic heterocycles. The van der Waals surface area contributed by atoms with Gasteiger partial charge in [-0.3, -0.25) is 4.79 Å². The molecule has 1 fully saturated rings. The van der Waals surface area contributed by atoms with Crippen LogP contribution in [0, 0.1) is 5.82 Å². The first-order valence-electron chi connectivity index (χ1n) is 6.51. The molecule has 1 amide bonds. The molecule has 102 valence electrons. The van der Waals surface area contributed by atoms with E-state index >= 15 is 0 Å². The summed E-state index contributed by atoms with van der Waals surface area (Å²) < 4.78 is 12.8. The SMILES string of the molecule is CC(C(=O)NC(C)Cc1ccc(F)cc1)=C1CNC1. The summed E-state index contributed by atoms with van der Waals surface area (Å²) >= 11 is 0. The van der Waals surface area contributed by atoms with Crippen molar-refractivity contribution in [3.63, 3.8) is 0 Å². The monoisotopic (exact) mass is 262 g/mol. The average molecular weight is 262 g/mol. The van der Waals surface area contributed by atoms with Crippen molar-refractivity contribution in [1.29, 1.82) is 0 Å². The number of carbonyl (C=O) groups excluding carboxylic acids is 1. The minimum Gasteiger partial charge on any atom is -0.350 e. The van der Waals surface area contributed by atoms with Crippen LogP contribution >= 0.6 is 0 Å². The average Bonchev–Trinajstić information content (AvgIpc) is 2.29. The molecule has 0 bridgehead atoms. The fourth-order valence-corrected chi connectivity index (χ4v) is 2.03. The van der Waals surface area contributed by atoms with Crippen molar-refractivity contribution in [1.82, 2.24) is 10.6 Å². The molecular weight excluding hydrogens is 243 g/mol. The van der Waals surface area contributed by atoms with E-state index in [1.807, 2.05) is 13.8 Å². The Hall–Kier alpha value is -1.68. The van der Waals surface area contributed by atoms with Gasteiger partial charge >= 0.3 is 0 Å². The van der Waals surface area contributed by atoms with Gasteiger partial charge in [-0.15, -0.1) is 0 Å². The van der Waals surface area contributed by atoms with Gasteiger partial charge in [-0.1, -0.05) is 12.1 Å². The zero-order valence-electron chi connectivity index (χ0n) is 11.3. The van der Waals surface area contributed by atoms with Crippen LogP contribution in [0.1, 0.15) is 19.4 Å². The van der Waals surface area contributed by atoms with Gasteiger partial charge in [0, 0.05) is 24.7 Å². The van der Waals surface area contributed by atoms with Gasteiger partial charge in [-0.05, 0) is 43.5 Å². The Morgan fingerprint density at radius 3 is 2.53 bits per heavy atom. The Morgan fingerprint density at radius 2 is 2.00 bits per heavy atom. The first kappa shape index (κ1) is 13.7. The van der Waals surface area contributed by atoms with E-state index in [1.165, 1.54) is 17.7 Å². The van der Waals surface area contributed by atoms with E-state index in [1.54, 1.807) is 12.1 Å². The van der Waals surface area contributed by atoms with E-state index in [-0.39, 0.29) is 17.8 Å². The van der Waals surface area contributed by atoms with Crippen LogP contribution < -0.4 is 10.6 Å².